The summed E-state index contributed by atoms with van der Waals surface area (Å²) in [4.78, 5) is 14.8. The van der Waals surface area contributed by atoms with Gasteiger partial charge in [0.05, 0.1) is 11.4 Å². The van der Waals surface area contributed by atoms with Crippen molar-refractivity contribution in [2.45, 2.75) is 38.3 Å². The van der Waals surface area contributed by atoms with Crippen LogP contribution in [0.2, 0.25) is 0 Å². The van der Waals surface area contributed by atoms with Gasteiger partial charge in [0.2, 0.25) is 5.91 Å². The second-order valence-electron chi connectivity index (χ2n) is 6.97. The van der Waals surface area contributed by atoms with Crippen LogP contribution in [0.4, 0.5) is 11.4 Å². The van der Waals surface area contributed by atoms with Crippen LogP contribution in [0.25, 0.3) is 0 Å². The van der Waals surface area contributed by atoms with Gasteiger partial charge in [-0.25, -0.2) is 0 Å². The summed E-state index contributed by atoms with van der Waals surface area (Å²) >= 11 is 0. The fourth-order valence-electron chi connectivity index (χ4n) is 3.56. The first-order valence-corrected chi connectivity index (χ1v) is 9.04. The number of carbonyl (C=O) groups excluding carboxylic acids is 1. The zero-order valence-corrected chi connectivity index (χ0v) is 14.8. The molecule has 0 aliphatic heterocycles. The number of nitrogens with one attached hydrogen (secondary N) is 1. The van der Waals surface area contributed by atoms with Crippen LogP contribution in [-0.2, 0) is 11.3 Å². The third kappa shape index (κ3) is 4.60. The number of nitrogens with two attached hydrogens (primary N) is 1. The van der Waals surface area contributed by atoms with Gasteiger partial charge in [0.25, 0.3) is 0 Å². The van der Waals surface area contributed by atoms with Crippen LogP contribution in [-0.4, -0.2) is 19.0 Å². The van der Waals surface area contributed by atoms with E-state index in [9.17, 15) is 4.79 Å². The Labute approximate surface area is 150 Å². The van der Waals surface area contributed by atoms with E-state index in [-0.39, 0.29) is 17.9 Å². The lowest BCUT2D eigenvalue weighted by Crippen LogP contribution is -2.34. The maximum atomic E-state index is 12.7. The van der Waals surface area contributed by atoms with E-state index in [4.69, 9.17) is 5.73 Å². The Morgan fingerprint density at radius 2 is 1.84 bits per heavy atom. The molecule has 2 aromatic rings. The standard InChI is InChI=1S/C21H27N3O/c1-24(15-16-8-3-2-4-9-16)20-13-6-5-12-19(20)23-21(25)17-10-7-11-18(22)14-17/h2-6,8-9,12-13,17-18H,7,10-11,14-15,22H2,1H3,(H,23,25). The fourth-order valence-corrected chi connectivity index (χ4v) is 3.56. The zero-order valence-electron chi connectivity index (χ0n) is 14.8. The van der Waals surface area contributed by atoms with Crippen LogP contribution in [0.1, 0.15) is 31.2 Å². The minimum atomic E-state index is 0.0243. The van der Waals surface area contributed by atoms with E-state index in [2.05, 4.69) is 29.4 Å². The van der Waals surface area contributed by atoms with Crippen LogP contribution < -0.4 is 16.0 Å². The maximum absolute atomic E-state index is 12.7. The van der Waals surface area contributed by atoms with Gasteiger partial charge in [0.15, 0.2) is 0 Å². The van der Waals surface area contributed by atoms with E-state index in [1.165, 1.54) is 5.56 Å². The van der Waals surface area contributed by atoms with Crippen LogP contribution in [0.3, 0.4) is 0 Å². The lowest BCUT2D eigenvalue weighted by Gasteiger charge is -2.27. The van der Waals surface area contributed by atoms with Gasteiger partial charge in [-0.2, -0.15) is 0 Å². The van der Waals surface area contributed by atoms with E-state index in [0.29, 0.717) is 0 Å². The molecule has 3 rings (SSSR count). The molecule has 0 radical (unpaired) electrons. The Bertz CT molecular complexity index is 701. The lowest BCUT2D eigenvalue weighted by molar-refractivity contribution is -0.120. The number of nitrogens with zero attached hydrogens (tertiary/aromatic N) is 1. The number of benzene rings is 2. The highest BCUT2D eigenvalue weighted by Gasteiger charge is 2.25. The molecule has 4 nitrogen and oxygen atoms in total. The molecule has 1 aliphatic carbocycles. The molecule has 4 heteroatoms. The van der Waals surface area contributed by atoms with Crippen LogP contribution in [0.5, 0.6) is 0 Å². The van der Waals surface area contributed by atoms with Gasteiger partial charge >= 0.3 is 0 Å². The maximum Gasteiger partial charge on any atom is 0.227 e. The summed E-state index contributed by atoms with van der Waals surface area (Å²) in [5.74, 6) is 0.118. The first-order valence-electron chi connectivity index (χ1n) is 9.04. The Kier molecular flexibility index (Phi) is 5.71. The van der Waals surface area contributed by atoms with Gasteiger partial charge in [-0.15, -0.1) is 0 Å². The number of hydrogen-bond acceptors (Lipinski definition) is 3. The van der Waals surface area contributed by atoms with Crippen molar-refractivity contribution in [2.24, 2.45) is 11.7 Å². The zero-order chi connectivity index (χ0) is 17.6. The van der Waals surface area contributed by atoms with Crippen molar-refractivity contribution in [3.05, 3.63) is 60.2 Å². The molecule has 1 amide bonds. The van der Waals surface area contributed by atoms with Gasteiger partial charge in [0, 0.05) is 25.6 Å². The fraction of sp³-hybridized carbons (Fsp3) is 0.381. The monoisotopic (exact) mass is 337 g/mol. The van der Waals surface area contributed by atoms with Gasteiger partial charge < -0.3 is 16.0 Å². The highest BCUT2D eigenvalue weighted by molar-refractivity contribution is 5.95. The molecule has 0 aromatic heterocycles. The molecule has 0 bridgehead atoms. The van der Waals surface area contributed by atoms with E-state index in [1.807, 2.05) is 42.5 Å². The number of carbonyl (C=O) groups is 1. The molecule has 0 spiro atoms. The Morgan fingerprint density at radius 1 is 1.12 bits per heavy atom. The Hall–Kier alpha value is -2.33. The summed E-state index contributed by atoms with van der Waals surface area (Å²) < 4.78 is 0. The quantitative estimate of drug-likeness (QED) is 0.873. The minimum Gasteiger partial charge on any atom is -0.369 e. The predicted molar refractivity (Wildman–Crippen MR) is 104 cm³/mol. The van der Waals surface area contributed by atoms with Crippen molar-refractivity contribution in [1.29, 1.82) is 0 Å². The molecule has 2 aromatic carbocycles. The Morgan fingerprint density at radius 3 is 2.60 bits per heavy atom. The molecule has 3 N–H and O–H groups in total. The third-order valence-electron chi connectivity index (χ3n) is 4.92. The molecule has 1 aliphatic rings. The SMILES string of the molecule is CN(Cc1ccccc1)c1ccccc1NC(=O)C1CCCC(N)C1. The van der Waals surface area contributed by atoms with E-state index in [1.54, 1.807) is 0 Å². The molecule has 1 saturated carbocycles. The molecule has 0 heterocycles. The minimum absolute atomic E-state index is 0.0243. The van der Waals surface area contributed by atoms with Crippen LogP contribution in [0, 0.1) is 5.92 Å². The van der Waals surface area contributed by atoms with E-state index < -0.39 is 0 Å². The first-order chi connectivity index (χ1) is 12.1. The normalized spacial score (nSPS) is 20.1. The molecule has 132 valence electrons. The van der Waals surface area contributed by atoms with Crippen molar-refractivity contribution in [3.8, 4) is 0 Å². The molecule has 2 atom stereocenters. The first kappa shape index (κ1) is 17.5. The van der Waals surface area contributed by atoms with Crippen molar-refractivity contribution >= 4 is 17.3 Å². The van der Waals surface area contributed by atoms with Gasteiger partial charge in [-0.3, -0.25) is 4.79 Å². The second kappa shape index (κ2) is 8.17. The number of rotatable bonds is 5. The summed E-state index contributed by atoms with van der Waals surface area (Å²) in [6, 6.07) is 18.5. The van der Waals surface area contributed by atoms with Gasteiger partial charge in [0.1, 0.15) is 0 Å². The molecular weight excluding hydrogens is 310 g/mol. The van der Waals surface area contributed by atoms with Crippen molar-refractivity contribution in [1.82, 2.24) is 0 Å². The van der Waals surface area contributed by atoms with Crippen LogP contribution >= 0.6 is 0 Å². The molecule has 1 fully saturated rings. The van der Waals surface area contributed by atoms with Crippen molar-refractivity contribution in [2.75, 3.05) is 17.3 Å². The predicted octanol–water partition coefficient (Wildman–Crippen LogP) is 3.78. The number of anilines is 2. The highest BCUT2D eigenvalue weighted by atomic mass is 16.1. The van der Waals surface area contributed by atoms with Gasteiger partial charge in [-0.05, 0) is 37.0 Å². The number of para-hydroxylation sites is 2. The summed E-state index contributed by atoms with van der Waals surface area (Å²) in [5, 5.41) is 3.13. The summed E-state index contributed by atoms with van der Waals surface area (Å²) in [5.41, 5.74) is 9.17. The topological polar surface area (TPSA) is 58.4 Å². The highest BCUT2D eigenvalue weighted by Crippen LogP contribution is 2.29. The molecular formula is C21H27N3O. The largest absolute Gasteiger partial charge is 0.369 e. The lowest BCUT2D eigenvalue weighted by atomic mass is 9.85. The van der Waals surface area contributed by atoms with Crippen LogP contribution in [0.15, 0.2) is 54.6 Å². The van der Waals surface area contributed by atoms with E-state index in [0.717, 1.165) is 43.6 Å². The van der Waals surface area contributed by atoms with Gasteiger partial charge in [-0.1, -0.05) is 48.9 Å². The van der Waals surface area contributed by atoms with E-state index >= 15 is 0 Å². The average molecular weight is 337 g/mol. The van der Waals surface area contributed by atoms with Crippen molar-refractivity contribution < 1.29 is 4.79 Å². The smallest absolute Gasteiger partial charge is 0.227 e. The summed E-state index contributed by atoms with van der Waals surface area (Å²) in [7, 11) is 2.05. The summed E-state index contributed by atoms with van der Waals surface area (Å²) in [6.07, 6.45) is 3.78. The average Bonchev–Trinajstić information content (AvgIpc) is 2.63. The number of amides is 1. The molecule has 25 heavy (non-hydrogen) atoms. The Balaban J connectivity index is 1.71. The molecule has 2 unspecified atom stereocenters. The number of hydrogen-bond donors (Lipinski definition) is 2. The second-order valence-corrected chi connectivity index (χ2v) is 6.97. The molecule has 0 saturated heterocycles. The van der Waals surface area contributed by atoms with Crippen molar-refractivity contribution in [3.63, 3.8) is 0 Å². The summed E-state index contributed by atoms with van der Waals surface area (Å²) in [6.45, 7) is 0.794. The third-order valence-corrected chi connectivity index (χ3v) is 4.92.